The molecule has 0 rings (SSSR count). The van der Waals surface area contributed by atoms with Gasteiger partial charge in [-0.3, -0.25) is 9.80 Å². The summed E-state index contributed by atoms with van der Waals surface area (Å²) >= 11 is 0. The number of nitrogens with zero attached hydrogens (tertiary/aromatic N) is 2. The van der Waals surface area contributed by atoms with Gasteiger partial charge in [0.05, 0.1) is 16.6 Å². The van der Waals surface area contributed by atoms with Crippen LogP contribution in [0.4, 0.5) is 0 Å². The van der Waals surface area contributed by atoms with Crippen LogP contribution >= 0.6 is 0 Å². The van der Waals surface area contributed by atoms with Crippen molar-refractivity contribution < 1.29 is 0 Å². The van der Waals surface area contributed by atoms with E-state index < -0.39 is 0 Å². The molecule has 0 aliphatic carbocycles. The van der Waals surface area contributed by atoms with Crippen LogP contribution < -0.4 is 4.98 Å². The lowest BCUT2D eigenvalue weighted by molar-refractivity contribution is 0.0607. The van der Waals surface area contributed by atoms with Gasteiger partial charge in [-0.15, -0.1) is 0 Å². The Morgan fingerprint density at radius 3 is 1.50 bits per heavy atom. The Morgan fingerprint density at radius 2 is 1.29 bits per heavy atom. The van der Waals surface area contributed by atoms with Crippen molar-refractivity contribution in [1.82, 2.24) is 14.8 Å². The third-order valence-corrected chi connectivity index (χ3v) is 3.26. The molecule has 3 nitrogen and oxygen atoms in total. The summed E-state index contributed by atoms with van der Waals surface area (Å²) in [6.45, 7) is 14.6. The number of hydrogen-bond acceptors (Lipinski definition) is 3. The minimum absolute atomic E-state index is 0.581. The zero-order valence-electron chi connectivity index (χ0n) is 10.5. The van der Waals surface area contributed by atoms with E-state index in [0.717, 1.165) is 43.1 Å². The molecule has 0 aliphatic rings. The highest BCUT2D eigenvalue weighted by Gasteiger charge is 2.19. The van der Waals surface area contributed by atoms with Crippen LogP contribution in [0.15, 0.2) is 0 Å². The van der Waals surface area contributed by atoms with Gasteiger partial charge in [0.25, 0.3) is 0 Å². The molecular weight excluding hydrogens is 190 g/mol. The molecule has 0 aliphatic heterocycles. The van der Waals surface area contributed by atoms with Gasteiger partial charge in [0.15, 0.2) is 0 Å². The fraction of sp³-hybridized carbons (Fsp3) is 1.00. The minimum Gasteiger partial charge on any atom is -0.343 e. The minimum atomic E-state index is 0.581. The van der Waals surface area contributed by atoms with Crippen molar-refractivity contribution in [2.75, 3.05) is 32.7 Å². The summed E-state index contributed by atoms with van der Waals surface area (Å²) in [5.41, 5.74) is 0. The first-order chi connectivity index (χ1) is 6.74. The predicted octanol–water partition coefficient (Wildman–Crippen LogP) is -0.134. The molecule has 0 spiro atoms. The van der Waals surface area contributed by atoms with Gasteiger partial charge in [-0.25, -0.2) is 0 Å². The molecule has 0 aromatic rings. The number of rotatable bonds is 8. The fourth-order valence-corrected chi connectivity index (χ4v) is 2.33. The second-order valence-corrected chi connectivity index (χ2v) is 4.19. The van der Waals surface area contributed by atoms with E-state index in [9.17, 15) is 0 Å². The average Bonchev–Trinajstić information content (AvgIpc) is 2.21. The third-order valence-electron chi connectivity index (χ3n) is 2.85. The first-order valence-corrected chi connectivity index (χ1v) is 6.87. The normalized spacial score (nSPS) is 12.2. The van der Waals surface area contributed by atoms with Crippen molar-refractivity contribution in [3.63, 3.8) is 0 Å². The highest BCUT2D eigenvalue weighted by molar-refractivity contribution is 6.04. The second-order valence-electron chi connectivity index (χ2n) is 3.48. The van der Waals surface area contributed by atoms with E-state index in [1.807, 2.05) is 0 Å². The molecule has 4 heteroatoms. The molecule has 1 N–H and O–H groups in total. The van der Waals surface area contributed by atoms with Crippen molar-refractivity contribution in [3.05, 3.63) is 0 Å². The van der Waals surface area contributed by atoms with Gasteiger partial charge in [0.1, 0.15) is 0 Å². The smallest absolute Gasteiger partial charge is 0.0750 e. The van der Waals surface area contributed by atoms with Crippen LogP contribution in [0.1, 0.15) is 27.7 Å². The average molecular weight is 217 g/mol. The maximum Gasteiger partial charge on any atom is 0.0750 e. The summed E-state index contributed by atoms with van der Waals surface area (Å²) in [5.74, 6) is 0. The Kier molecular flexibility index (Phi) is 8.47. The number of hydrogen-bond donors (Lipinski definition) is 1. The maximum absolute atomic E-state index is 3.42. The van der Waals surface area contributed by atoms with E-state index in [1.165, 1.54) is 0 Å². The monoisotopic (exact) mass is 217 g/mol. The van der Waals surface area contributed by atoms with Crippen LogP contribution in [0.5, 0.6) is 0 Å². The van der Waals surface area contributed by atoms with Gasteiger partial charge in [0.2, 0.25) is 0 Å². The molecule has 0 amide bonds. The fourth-order valence-electron chi connectivity index (χ4n) is 1.96. The van der Waals surface area contributed by atoms with Crippen molar-refractivity contribution in [3.8, 4) is 0 Å². The first kappa shape index (κ1) is 14.1. The summed E-state index contributed by atoms with van der Waals surface area (Å²) in [6.07, 6.45) is 0.581. The van der Waals surface area contributed by atoms with Gasteiger partial charge in [-0.05, 0) is 26.2 Å². The molecule has 0 saturated heterocycles. The molecule has 0 fully saturated rings. The summed E-state index contributed by atoms with van der Waals surface area (Å²) in [7, 11) is 1.09. The maximum atomic E-state index is 3.42. The standard InChI is InChI=1S/C10H27N3Si/c1-5-12(6-2)10(9-11-14)13(7-3)8-4/h10-11H,5-9H2,1-4,14H3. The van der Waals surface area contributed by atoms with E-state index in [1.54, 1.807) is 0 Å². The summed E-state index contributed by atoms with van der Waals surface area (Å²) in [6, 6.07) is 0. The van der Waals surface area contributed by atoms with Crippen LogP contribution in [0.3, 0.4) is 0 Å². The predicted molar refractivity (Wildman–Crippen MR) is 67.6 cm³/mol. The summed E-state index contributed by atoms with van der Waals surface area (Å²) < 4.78 is 0. The third kappa shape index (κ3) is 4.08. The number of nitrogens with one attached hydrogen (secondary N) is 1. The zero-order valence-corrected chi connectivity index (χ0v) is 12.5. The Labute approximate surface area is 92.3 Å². The van der Waals surface area contributed by atoms with Crippen molar-refractivity contribution in [1.29, 1.82) is 0 Å². The van der Waals surface area contributed by atoms with Crippen LogP contribution in [0, 0.1) is 0 Å². The van der Waals surface area contributed by atoms with Crippen molar-refractivity contribution in [2.24, 2.45) is 0 Å². The number of likely N-dealkylation sites (N-methyl/N-ethyl adjacent to an activating group) is 2. The van der Waals surface area contributed by atoms with Gasteiger partial charge < -0.3 is 4.98 Å². The Bertz CT molecular complexity index is 113. The zero-order chi connectivity index (χ0) is 11.0. The first-order valence-electron chi connectivity index (χ1n) is 5.87. The van der Waals surface area contributed by atoms with E-state index in [2.05, 4.69) is 42.5 Å². The Morgan fingerprint density at radius 1 is 0.929 bits per heavy atom. The topological polar surface area (TPSA) is 18.5 Å². The lowest BCUT2D eigenvalue weighted by Crippen LogP contribution is -2.53. The van der Waals surface area contributed by atoms with Crippen molar-refractivity contribution in [2.45, 2.75) is 33.9 Å². The van der Waals surface area contributed by atoms with Crippen LogP contribution in [0.25, 0.3) is 0 Å². The molecule has 0 aromatic heterocycles. The molecular formula is C10H27N3Si. The quantitative estimate of drug-likeness (QED) is 0.451. The molecule has 0 radical (unpaired) electrons. The van der Waals surface area contributed by atoms with Gasteiger partial charge in [-0.2, -0.15) is 0 Å². The Balaban J connectivity index is 4.36. The van der Waals surface area contributed by atoms with Crippen LogP contribution in [0.2, 0.25) is 0 Å². The van der Waals surface area contributed by atoms with Crippen molar-refractivity contribution >= 4 is 10.4 Å². The van der Waals surface area contributed by atoms with Crippen LogP contribution in [-0.4, -0.2) is 59.1 Å². The van der Waals surface area contributed by atoms with Gasteiger partial charge in [0, 0.05) is 6.54 Å². The molecule has 86 valence electrons. The van der Waals surface area contributed by atoms with E-state index in [4.69, 9.17) is 0 Å². The van der Waals surface area contributed by atoms with E-state index in [0.29, 0.717) is 6.17 Å². The van der Waals surface area contributed by atoms with Gasteiger partial charge >= 0.3 is 0 Å². The molecule has 0 unspecified atom stereocenters. The summed E-state index contributed by atoms with van der Waals surface area (Å²) in [4.78, 5) is 8.47. The molecule has 0 atom stereocenters. The highest BCUT2D eigenvalue weighted by atomic mass is 28.2. The molecule has 14 heavy (non-hydrogen) atoms. The lowest BCUT2D eigenvalue weighted by atomic mass is 10.3. The van der Waals surface area contributed by atoms with E-state index in [-0.39, 0.29) is 0 Å². The summed E-state index contributed by atoms with van der Waals surface area (Å²) in [5, 5.41) is 0. The van der Waals surface area contributed by atoms with Crippen LogP contribution in [-0.2, 0) is 0 Å². The second kappa shape index (κ2) is 8.41. The molecule has 0 bridgehead atoms. The van der Waals surface area contributed by atoms with E-state index >= 15 is 0 Å². The molecule has 0 aromatic carbocycles. The molecule has 0 heterocycles. The largest absolute Gasteiger partial charge is 0.343 e. The molecule has 0 saturated carbocycles. The lowest BCUT2D eigenvalue weighted by Gasteiger charge is -2.37. The SMILES string of the molecule is CCN(CC)C(CN[SiH3])N(CC)CC. The van der Waals surface area contributed by atoms with Gasteiger partial charge in [-0.1, -0.05) is 27.7 Å². The highest BCUT2D eigenvalue weighted by Crippen LogP contribution is 2.04. The Hall–Kier alpha value is 0.0969.